The molecular weight excluding hydrogens is 274 g/mol. The number of aryl methyl sites for hydroxylation is 1. The molecule has 0 saturated carbocycles. The first-order valence-electron chi connectivity index (χ1n) is 6.58. The number of carboxylic acids is 1. The number of methoxy groups -OCH3 is 1. The molecule has 0 fully saturated rings. The number of carbonyl (C=O) groups is 2. The van der Waals surface area contributed by atoms with Crippen LogP contribution in [0.2, 0.25) is 0 Å². The van der Waals surface area contributed by atoms with Crippen molar-refractivity contribution in [3.05, 3.63) is 29.3 Å². The minimum Gasteiger partial charge on any atom is -0.496 e. The summed E-state index contributed by atoms with van der Waals surface area (Å²) in [6.07, 6.45) is -0.286. The van der Waals surface area contributed by atoms with E-state index in [9.17, 15) is 14.7 Å². The van der Waals surface area contributed by atoms with E-state index in [1.807, 2.05) is 19.1 Å². The van der Waals surface area contributed by atoms with E-state index in [2.05, 4.69) is 5.32 Å². The van der Waals surface area contributed by atoms with Crippen LogP contribution in [0.4, 0.5) is 0 Å². The number of aliphatic hydroxyl groups is 1. The lowest BCUT2D eigenvalue weighted by Gasteiger charge is -2.21. The molecule has 0 saturated heterocycles. The Labute approximate surface area is 123 Å². The van der Waals surface area contributed by atoms with Crippen LogP contribution in [0.5, 0.6) is 5.75 Å². The molecule has 1 aromatic carbocycles. The first-order valence-corrected chi connectivity index (χ1v) is 6.58. The number of carbonyl (C=O) groups excluding carboxylic acids is 1. The van der Waals surface area contributed by atoms with Gasteiger partial charge in [-0.1, -0.05) is 12.1 Å². The number of nitrogens with one attached hydrogen (secondary N) is 1. The fraction of sp³-hybridized carbons (Fsp3) is 0.467. The molecule has 6 nitrogen and oxygen atoms in total. The molecule has 0 spiro atoms. The van der Waals surface area contributed by atoms with Gasteiger partial charge in [-0.05, 0) is 31.0 Å². The third-order valence-corrected chi connectivity index (χ3v) is 3.04. The van der Waals surface area contributed by atoms with E-state index >= 15 is 0 Å². The van der Waals surface area contributed by atoms with Crippen molar-refractivity contribution >= 4 is 11.9 Å². The molecule has 1 aromatic rings. The fourth-order valence-corrected chi connectivity index (χ4v) is 1.90. The predicted octanol–water partition coefficient (Wildman–Crippen LogP) is 0.888. The molecule has 1 atom stereocenters. The van der Waals surface area contributed by atoms with Crippen LogP contribution in [-0.4, -0.2) is 41.3 Å². The minimum absolute atomic E-state index is 0.110. The lowest BCUT2D eigenvalue weighted by Crippen LogP contribution is -2.42. The Kier molecular flexibility index (Phi) is 5.72. The molecule has 1 rings (SSSR count). The van der Waals surface area contributed by atoms with Gasteiger partial charge >= 0.3 is 5.97 Å². The van der Waals surface area contributed by atoms with Gasteiger partial charge in [-0.3, -0.25) is 9.59 Å². The van der Waals surface area contributed by atoms with Crippen LogP contribution in [0.25, 0.3) is 0 Å². The van der Waals surface area contributed by atoms with Gasteiger partial charge in [0, 0.05) is 6.54 Å². The molecule has 0 aliphatic rings. The SMILES string of the molecule is COc1cc(CC(=O)NCC(C)(O)CC(=O)O)ccc1C. The maximum Gasteiger partial charge on any atom is 0.306 e. The molecule has 0 radical (unpaired) electrons. The molecule has 6 heteroatoms. The van der Waals surface area contributed by atoms with Crippen LogP contribution in [-0.2, 0) is 16.0 Å². The second-order valence-corrected chi connectivity index (χ2v) is 5.32. The molecule has 1 unspecified atom stereocenters. The number of amides is 1. The Bertz CT molecular complexity index is 525. The van der Waals surface area contributed by atoms with Crippen molar-refractivity contribution < 1.29 is 24.5 Å². The largest absolute Gasteiger partial charge is 0.496 e. The number of carboxylic acid groups (broad SMARTS) is 1. The van der Waals surface area contributed by atoms with E-state index in [1.165, 1.54) is 6.92 Å². The molecule has 0 aromatic heterocycles. The van der Waals surface area contributed by atoms with E-state index in [4.69, 9.17) is 9.84 Å². The summed E-state index contributed by atoms with van der Waals surface area (Å²) in [5.41, 5.74) is 0.297. The number of hydrogen-bond acceptors (Lipinski definition) is 4. The topological polar surface area (TPSA) is 95.9 Å². The van der Waals surface area contributed by atoms with Crippen LogP contribution < -0.4 is 10.1 Å². The highest BCUT2D eigenvalue weighted by molar-refractivity contribution is 5.79. The van der Waals surface area contributed by atoms with Gasteiger partial charge in [-0.25, -0.2) is 0 Å². The average Bonchev–Trinajstić information content (AvgIpc) is 2.37. The van der Waals surface area contributed by atoms with Crippen LogP contribution in [0.3, 0.4) is 0 Å². The van der Waals surface area contributed by atoms with Gasteiger partial charge in [0.15, 0.2) is 0 Å². The highest BCUT2D eigenvalue weighted by Gasteiger charge is 2.24. The fourth-order valence-electron chi connectivity index (χ4n) is 1.90. The molecule has 0 aliphatic heterocycles. The van der Waals surface area contributed by atoms with Gasteiger partial charge in [0.05, 0.1) is 25.6 Å². The molecule has 116 valence electrons. The van der Waals surface area contributed by atoms with E-state index in [1.54, 1.807) is 13.2 Å². The summed E-state index contributed by atoms with van der Waals surface area (Å²) in [6, 6.07) is 5.47. The summed E-state index contributed by atoms with van der Waals surface area (Å²) in [6.45, 7) is 3.17. The summed E-state index contributed by atoms with van der Waals surface area (Å²) in [5.74, 6) is -0.692. The molecule has 3 N–H and O–H groups in total. The number of aliphatic carboxylic acids is 1. The van der Waals surface area contributed by atoms with Crippen molar-refractivity contribution in [2.75, 3.05) is 13.7 Å². The molecule has 0 bridgehead atoms. The highest BCUT2D eigenvalue weighted by atomic mass is 16.5. The van der Waals surface area contributed by atoms with Crippen LogP contribution >= 0.6 is 0 Å². The second-order valence-electron chi connectivity index (χ2n) is 5.32. The maximum atomic E-state index is 11.8. The Balaban J connectivity index is 2.56. The van der Waals surface area contributed by atoms with Crippen LogP contribution in [0.1, 0.15) is 24.5 Å². The second kappa shape index (κ2) is 7.08. The molecule has 21 heavy (non-hydrogen) atoms. The van der Waals surface area contributed by atoms with Crippen molar-refractivity contribution in [1.29, 1.82) is 0 Å². The minimum atomic E-state index is -1.47. The Morgan fingerprint density at radius 3 is 2.62 bits per heavy atom. The smallest absolute Gasteiger partial charge is 0.306 e. The maximum absolute atomic E-state index is 11.8. The Morgan fingerprint density at radius 2 is 2.05 bits per heavy atom. The number of ether oxygens (including phenoxy) is 1. The van der Waals surface area contributed by atoms with E-state index in [-0.39, 0.29) is 18.9 Å². The quantitative estimate of drug-likeness (QED) is 0.694. The van der Waals surface area contributed by atoms with Crippen molar-refractivity contribution in [2.24, 2.45) is 0 Å². The van der Waals surface area contributed by atoms with Crippen LogP contribution in [0, 0.1) is 6.92 Å². The summed E-state index contributed by atoms with van der Waals surface area (Å²) < 4.78 is 5.19. The lowest BCUT2D eigenvalue weighted by atomic mass is 10.0. The van der Waals surface area contributed by atoms with Gasteiger partial charge in [0.25, 0.3) is 0 Å². The molecule has 0 heterocycles. The summed E-state index contributed by atoms with van der Waals surface area (Å²) in [4.78, 5) is 22.4. The Hall–Kier alpha value is -2.08. The van der Waals surface area contributed by atoms with Gasteiger partial charge in [0.1, 0.15) is 5.75 Å². The number of benzene rings is 1. The highest BCUT2D eigenvalue weighted by Crippen LogP contribution is 2.19. The van der Waals surface area contributed by atoms with Gasteiger partial charge < -0.3 is 20.3 Å². The zero-order valence-electron chi connectivity index (χ0n) is 12.5. The van der Waals surface area contributed by atoms with Gasteiger partial charge in [0.2, 0.25) is 5.91 Å². The molecule has 0 aliphatic carbocycles. The average molecular weight is 295 g/mol. The monoisotopic (exact) mass is 295 g/mol. The van der Waals surface area contributed by atoms with Crippen LogP contribution in [0.15, 0.2) is 18.2 Å². The zero-order chi connectivity index (χ0) is 16.0. The van der Waals surface area contributed by atoms with Crippen molar-refractivity contribution in [3.8, 4) is 5.75 Å². The normalized spacial score (nSPS) is 13.3. The predicted molar refractivity (Wildman–Crippen MR) is 77.3 cm³/mol. The molecular formula is C15H21NO5. The van der Waals surface area contributed by atoms with Gasteiger partial charge in [-0.2, -0.15) is 0 Å². The zero-order valence-corrected chi connectivity index (χ0v) is 12.5. The standard InChI is InChI=1S/C15H21NO5/c1-10-4-5-11(6-12(10)21-3)7-13(17)16-9-15(2,20)8-14(18)19/h4-6,20H,7-9H2,1-3H3,(H,16,17)(H,18,19). The third kappa shape index (κ3) is 5.83. The van der Waals surface area contributed by atoms with E-state index < -0.39 is 18.0 Å². The van der Waals surface area contributed by atoms with Crippen molar-refractivity contribution in [2.45, 2.75) is 32.3 Å². The van der Waals surface area contributed by atoms with E-state index in [0.717, 1.165) is 11.1 Å². The number of rotatable bonds is 7. The first-order chi connectivity index (χ1) is 9.73. The summed E-state index contributed by atoms with van der Waals surface area (Å²) in [5, 5.41) is 21.0. The first kappa shape index (κ1) is 17.0. The summed E-state index contributed by atoms with van der Waals surface area (Å²) >= 11 is 0. The number of hydrogen-bond donors (Lipinski definition) is 3. The van der Waals surface area contributed by atoms with Crippen molar-refractivity contribution in [3.63, 3.8) is 0 Å². The Morgan fingerprint density at radius 1 is 1.38 bits per heavy atom. The third-order valence-electron chi connectivity index (χ3n) is 3.04. The lowest BCUT2D eigenvalue weighted by molar-refractivity contribution is -0.142. The van der Waals surface area contributed by atoms with Crippen molar-refractivity contribution in [1.82, 2.24) is 5.32 Å². The van der Waals surface area contributed by atoms with Gasteiger partial charge in [-0.15, -0.1) is 0 Å². The summed E-state index contributed by atoms with van der Waals surface area (Å²) in [7, 11) is 1.56. The molecule has 1 amide bonds. The van der Waals surface area contributed by atoms with E-state index in [0.29, 0.717) is 5.75 Å².